The van der Waals surface area contributed by atoms with E-state index >= 15 is 0 Å². The van der Waals surface area contributed by atoms with Gasteiger partial charge in [-0.1, -0.05) is 6.07 Å². The van der Waals surface area contributed by atoms with Crippen molar-refractivity contribution in [1.29, 1.82) is 0 Å². The molecular weight excluding hydrogens is 218 g/mol. The van der Waals surface area contributed by atoms with E-state index in [9.17, 15) is 4.79 Å². The van der Waals surface area contributed by atoms with Crippen LogP contribution < -0.4 is 10.6 Å². The number of hydrogen-bond acceptors (Lipinski definition) is 4. The van der Waals surface area contributed by atoms with E-state index in [0.717, 1.165) is 11.3 Å². The van der Waals surface area contributed by atoms with Crippen molar-refractivity contribution in [3.63, 3.8) is 0 Å². The van der Waals surface area contributed by atoms with Crippen LogP contribution in [0.2, 0.25) is 0 Å². The van der Waals surface area contributed by atoms with Gasteiger partial charge in [0.05, 0.1) is 12.0 Å². The van der Waals surface area contributed by atoms with E-state index in [1.807, 2.05) is 12.1 Å². The molecule has 5 heteroatoms. The summed E-state index contributed by atoms with van der Waals surface area (Å²) in [5, 5.41) is 5.86. The van der Waals surface area contributed by atoms with Gasteiger partial charge in [0.1, 0.15) is 6.04 Å². The highest BCUT2D eigenvalue weighted by Gasteiger charge is 2.27. The number of fused-ring (bicyclic) bond motifs is 1. The van der Waals surface area contributed by atoms with Crippen LogP contribution in [0.1, 0.15) is 5.56 Å². The van der Waals surface area contributed by atoms with Crippen molar-refractivity contribution in [2.24, 2.45) is 0 Å². The zero-order chi connectivity index (χ0) is 11.7. The molecule has 0 saturated heterocycles. The molecule has 3 heterocycles. The average Bonchev–Trinajstić information content (AvgIpc) is 2.78. The Bertz CT molecular complexity index is 536. The zero-order valence-corrected chi connectivity index (χ0v) is 9.01. The molecule has 1 atom stereocenters. The van der Waals surface area contributed by atoms with Crippen molar-refractivity contribution < 1.29 is 9.21 Å². The maximum absolute atomic E-state index is 11.8. The molecule has 86 valence electrons. The van der Waals surface area contributed by atoms with Crippen LogP contribution in [0, 0.1) is 0 Å². The Labute approximate surface area is 97.9 Å². The summed E-state index contributed by atoms with van der Waals surface area (Å²) in [6, 6.07) is 5.32. The fourth-order valence-electron chi connectivity index (χ4n) is 1.87. The minimum absolute atomic E-state index is 0.0868. The number of pyridine rings is 1. The van der Waals surface area contributed by atoms with Gasteiger partial charge in [-0.2, -0.15) is 0 Å². The normalized spacial score (nSPS) is 18.1. The maximum Gasteiger partial charge on any atom is 0.249 e. The molecule has 0 fully saturated rings. The van der Waals surface area contributed by atoms with Crippen molar-refractivity contribution >= 4 is 17.5 Å². The minimum atomic E-state index is -0.288. The number of aromatic nitrogens is 1. The number of carbonyl (C=O) groups is 1. The van der Waals surface area contributed by atoms with Gasteiger partial charge in [-0.05, 0) is 11.6 Å². The summed E-state index contributed by atoms with van der Waals surface area (Å²) >= 11 is 0. The summed E-state index contributed by atoms with van der Waals surface area (Å²) in [7, 11) is 0. The molecule has 1 unspecified atom stereocenters. The highest BCUT2D eigenvalue weighted by molar-refractivity contribution is 6.01. The number of amides is 1. The molecule has 2 aromatic rings. The van der Waals surface area contributed by atoms with Crippen LogP contribution in [0.4, 0.5) is 11.6 Å². The van der Waals surface area contributed by atoms with E-state index < -0.39 is 0 Å². The fraction of sp³-hybridized carbons (Fsp3) is 0.167. The molecule has 3 rings (SSSR count). The smallest absolute Gasteiger partial charge is 0.249 e. The van der Waals surface area contributed by atoms with Crippen molar-refractivity contribution in [3.05, 3.63) is 42.4 Å². The quantitative estimate of drug-likeness (QED) is 0.821. The second kappa shape index (κ2) is 3.93. The second-order valence-corrected chi connectivity index (χ2v) is 3.91. The monoisotopic (exact) mass is 229 g/mol. The summed E-state index contributed by atoms with van der Waals surface area (Å²) in [4.78, 5) is 15.8. The molecule has 2 N–H and O–H groups in total. The van der Waals surface area contributed by atoms with Gasteiger partial charge in [-0.15, -0.1) is 0 Å². The van der Waals surface area contributed by atoms with Gasteiger partial charge in [0.2, 0.25) is 11.8 Å². The van der Waals surface area contributed by atoms with Gasteiger partial charge in [0.15, 0.2) is 0 Å². The molecule has 17 heavy (non-hydrogen) atoms. The van der Waals surface area contributed by atoms with Crippen LogP contribution in [0.5, 0.6) is 0 Å². The van der Waals surface area contributed by atoms with Crippen molar-refractivity contribution in [2.75, 3.05) is 10.6 Å². The van der Waals surface area contributed by atoms with E-state index in [1.165, 1.54) is 0 Å². The fourth-order valence-corrected chi connectivity index (χ4v) is 1.87. The Morgan fingerprint density at radius 1 is 1.41 bits per heavy atom. The van der Waals surface area contributed by atoms with Gasteiger partial charge in [-0.25, -0.2) is 0 Å². The summed E-state index contributed by atoms with van der Waals surface area (Å²) in [6.07, 6.45) is 5.63. The first kappa shape index (κ1) is 9.89. The second-order valence-electron chi connectivity index (χ2n) is 3.91. The summed E-state index contributed by atoms with van der Waals surface area (Å²) in [5.74, 6) is 0.397. The molecule has 1 amide bonds. The predicted octanol–water partition coefficient (Wildman–Crippen LogP) is 1.65. The van der Waals surface area contributed by atoms with Gasteiger partial charge >= 0.3 is 0 Å². The number of nitrogens with one attached hydrogen (secondary N) is 2. The molecule has 0 bridgehead atoms. The van der Waals surface area contributed by atoms with Crippen LogP contribution in [-0.2, 0) is 11.2 Å². The Balaban J connectivity index is 1.79. The van der Waals surface area contributed by atoms with Gasteiger partial charge < -0.3 is 9.73 Å². The minimum Gasteiger partial charge on any atom is -0.446 e. The third-order valence-corrected chi connectivity index (χ3v) is 2.71. The van der Waals surface area contributed by atoms with Gasteiger partial charge in [0, 0.05) is 24.9 Å². The lowest BCUT2D eigenvalue weighted by Gasteiger charge is -2.23. The number of rotatable bonds is 2. The van der Waals surface area contributed by atoms with Crippen LogP contribution in [0.3, 0.4) is 0 Å². The lowest BCUT2D eigenvalue weighted by molar-refractivity contribution is -0.117. The summed E-state index contributed by atoms with van der Waals surface area (Å²) in [6.45, 7) is 0. The van der Waals surface area contributed by atoms with Crippen molar-refractivity contribution in [3.8, 4) is 0 Å². The Hall–Kier alpha value is -2.30. The third kappa shape index (κ3) is 1.87. The van der Waals surface area contributed by atoms with E-state index in [0.29, 0.717) is 12.3 Å². The lowest BCUT2D eigenvalue weighted by atomic mass is 10.1. The van der Waals surface area contributed by atoms with Crippen LogP contribution >= 0.6 is 0 Å². The third-order valence-electron chi connectivity index (χ3n) is 2.71. The number of anilines is 2. The molecule has 0 radical (unpaired) electrons. The Morgan fingerprint density at radius 3 is 3.18 bits per heavy atom. The first-order valence-electron chi connectivity index (χ1n) is 5.37. The number of nitrogens with zero attached hydrogens (tertiary/aromatic N) is 1. The van der Waals surface area contributed by atoms with Crippen molar-refractivity contribution in [2.45, 2.75) is 12.5 Å². The van der Waals surface area contributed by atoms with Crippen LogP contribution in [-0.4, -0.2) is 16.9 Å². The number of hydrogen-bond donors (Lipinski definition) is 2. The van der Waals surface area contributed by atoms with E-state index in [4.69, 9.17) is 4.42 Å². The highest BCUT2D eigenvalue weighted by atomic mass is 16.3. The van der Waals surface area contributed by atoms with Gasteiger partial charge in [0.25, 0.3) is 0 Å². The topological polar surface area (TPSA) is 67.2 Å². The standard InChI is InChI=1S/C12H11N3O2/c16-11-10(6-8-2-1-4-13-7-8)14-9-3-5-17-12(9)15-11/h1-5,7,10,14H,6H2,(H,15,16). The van der Waals surface area contributed by atoms with Crippen LogP contribution in [0.25, 0.3) is 0 Å². The lowest BCUT2D eigenvalue weighted by Crippen LogP contribution is -2.39. The van der Waals surface area contributed by atoms with E-state index in [-0.39, 0.29) is 11.9 Å². The molecular formula is C12H11N3O2. The van der Waals surface area contributed by atoms with Crippen LogP contribution in [0.15, 0.2) is 41.3 Å². The molecule has 5 nitrogen and oxygen atoms in total. The average molecular weight is 229 g/mol. The summed E-state index contributed by atoms with van der Waals surface area (Å²) in [5.41, 5.74) is 1.84. The van der Waals surface area contributed by atoms with Crippen molar-refractivity contribution in [1.82, 2.24) is 4.98 Å². The summed E-state index contributed by atoms with van der Waals surface area (Å²) < 4.78 is 5.12. The predicted molar refractivity (Wildman–Crippen MR) is 62.7 cm³/mol. The Morgan fingerprint density at radius 2 is 2.35 bits per heavy atom. The number of carbonyl (C=O) groups excluding carboxylic acids is 1. The molecule has 0 saturated carbocycles. The van der Waals surface area contributed by atoms with Gasteiger partial charge in [-0.3, -0.25) is 15.1 Å². The molecule has 1 aliphatic heterocycles. The number of furan rings is 1. The highest BCUT2D eigenvalue weighted by Crippen LogP contribution is 2.28. The zero-order valence-electron chi connectivity index (χ0n) is 9.01. The first-order chi connectivity index (χ1) is 8.33. The molecule has 0 aliphatic carbocycles. The molecule has 1 aliphatic rings. The van der Waals surface area contributed by atoms with E-state index in [1.54, 1.807) is 24.7 Å². The molecule has 2 aromatic heterocycles. The SMILES string of the molecule is O=C1Nc2occc2NC1Cc1cccnc1. The van der Waals surface area contributed by atoms with E-state index in [2.05, 4.69) is 15.6 Å². The molecule has 0 aromatic carbocycles. The molecule has 0 spiro atoms. The first-order valence-corrected chi connectivity index (χ1v) is 5.37. The maximum atomic E-state index is 11.8. The largest absolute Gasteiger partial charge is 0.446 e. The Kier molecular flexibility index (Phi) is 2.29.